The highest BCUT2D eigenvalue weighted by Gasteiger charge is 2.48. The average molecular weight is 385 g/mol. The van der Waals surface area contributed by atoms with E-state index in [-0.39, 0.29) is 6.10 Å². The van der Waals surface area contributed by atoms with Crippen LogP contribution < -0.4 is 0 Å². The van der Waals surface area contributed by atoms with Gasteiger partial charge in [0.2, 0.25) is 0 Å². The molecule has 4 aromatic rings. The fourth-order valence-corrected chi connectivity index (χ4v) is 4.06. The van der Waals surface area contributed by atoms with Gasteiger partial charge in [-0.2, -0.15) is 25.4 Å². The number of benzene rings is 1. The van der Waals surface area contributed by atoms with Gasteiger partial charge < -0.3 is 4.74 Å². The molecule has 1 fully saturated rings. The number of nitrogens with one attached hydrogen (secondary N) is 1. The molecule has 1 aliphatic carbocycles. The summed E-state index contributed by atoms with van der Waals surface area (Å²) in [5.41, 5.74) is 3.95. The van der Waals surface area contributed by atoms with Crippen molar-refractivity contribution in [3.8, 4) is 28.6 Å². The quantitative estimate of drug-likeness (QED) is 0.565. The van der Waals surface area contributed by atoms with Gasteiger partial charge in [0, 0.05) is 48.9 Å². The standard InChI is InChI=1S/C21H19N7O/c1-29-15-11-21(12-15,5-6-22)28-25-13-20(27-28)17-9-14(18-4-8-24-26-18)10-19-16(17)3-2-7-23-19/h2-4,7-10,13,15H,5,11-12H2,1H3,(H,24,26)/t15-,21-. The molecule has 0 bridgehead atoms. The number of aromatic amines is 1. The van der Waals surface area contributed by atoms with Crippen LogP contribution in [0.2, 0.25) is 0 Å². The molecule has 0 radical (unpaired) electrons. The van der Waals surface area contributed by atoms with Gasteiger partial charge in [-0.1, -0.05) is 6.07 Å². The summed E-state index contributed by atoms with van der Waals surface area (Å²) in [6, 6.07) is 12.2. The molecule has 0 aliphatic heterocycles. The van der Waals surface area contributed by atoms with Gasteiger partial charge in [0.05, 0.1) is 36.0 Å². The molecule has 5 rings (SSSR count). The number of hydrogen-bond acceptors (Lipinski definition) is 6. The van der Waals surface area contributed by atoms with E-state index in [0.29, 0.717) is 6.42 Å². The van der Waals surface area contributed by atoms with E-state index in [1.54, 1.807) is 30.5 Å². The third-order valence-corrected chi connectivity index (χ3v) is 5.67. The monoisotopic (exact) mass is 385 g/mol. The largest absolute Gasteiger partial charge is 0.381 e. The molecule has 29 heavy (non-hydrogen) atoms. The molecule has 1 saturated carbocycles. The number of pyridine rings is 1. The molecule has 1 N–H and O–H groups in total. The van der Waals surface area contributed by atoms with Crippen LogP contribution in [0.3, 0.4) is 0 Å². The summed E-state index contributed by atoms with van der Waals surface area (Å²) in [4.78, 5) is 6.22. The first-order chi connectivity index (χ1) is 14.2. The van der Waals surface area contributed by atoms with Crippen molar-refractivity contribution in [3.63, 3.8) is 0 Å². The van der Waals surface area contributed by atoms with E-state index in [9.17, 15) is 5.26 Å². The lowest BCUT2D eigenvalue weighted by Crippen LogP contribution is -2.50. The fourth-order valence-electron chi connectivity index (χ4n) is 4.06. The number of nitrogens with zero attached hydrogens (tertiary/aromatic N) is 6. The van der Waals surface area contributed by atoms with Crippen molar-refractivity contribution >= 4 is 10.9 Å². The van der Waals surface area contributed by atoms with E-state index in [1.807, 2.05) is 24.3 Å². The Hall–Kier alpha value is -3.57. The Kier molecular flexibility index (Phi) is 4.11. The number of rotatable bonds is 5. The smallest absolute Gasteiger partial charge is 0.113 e. The van der Waals surface area contributed by atoms with Gasteiger partial charge in [-0.15, -0.1) is 0 Å². The number of H-pyrrole nitrogens is 1. The normalized spacial score (nSPS) is 21.0. The molecule has 8 heteroatoms. The topological polar surface area (TPSA) is 105 Å². The molecule has 0 spiro atoms. The predicted octanol–water partition coefficient (Wildman–Crippen LogP) is 3.30. The van der Waals surface area contributed by atoms with Crippen molar-refractivity contribution in [1.82, 2.24) is 30.2 Å². The number of methoxy groups -OCH3 is 1. The van der Waals surface area contributed by atoms with E-state index < -0.39 is 5.54 Å². The summed E-state index contributed by atoms with van der Waals surface area (Å²) < 4.78 is 5.42. The van der Waals surface area contributed by atoms with Crippen molar-refractivity contribution < 1.29 is 4.74 Å². The third kappa shape index (κ3) is 2.87. The second-order valence-electron chi connectivity index (χ2n) is 7.40. The summed E-state index contributed by atoms with van der Waals surface area (Å²) in [7, 11) is 1.70. The van der Waals surface area contributed by atoms with Crippen molar-refractivity contribution in [2.75, 3.05) is 7.11 Å². The fraction of sp³-hybridized carbons (Fsp3) is 0.286. The SMILES string of the molecule is CO[C@H]1C[C@](CC#N)(n2ncc(-c3cc(-c4cc[nH]n4)cc4ncccc34)n2)C1. The summed E-state index contributed by atoms with van der Waals surface area (Å²) in [6.07, 6.45) is 7.31. The van der Waals surface area contributed by atoms with Gasteiger partial charge in [-0.25, -0.2) is 0 Å². The summed E-state index contributed by atoms with van der Waals surface area (Å²) in [5.74, 6) is 0. The Labute approximate surface area is 167 Å². The minimum absolute atomic E-state index is 0.144. The van der Waals surface area contributed by atoms with Crippen LogP contribution in [0, 0.1) is 11.3 Å². The first-order valence-corrected chi connectivity index (χ1v) is 9.44. The maximum Gasteiger partial charge on any atom is 0.113 e. The lowest BCUT2D eigenvalue weighted by atomic mass is 9.72. The van der Waals surface area contributed by atoms with E-state index in [4.69, 9.17) is 9.84 Å². The van der Waals surface area contributed by atoms with E-state index in [2.05, 4.69) is 32.4 Å². The van der Waals surface area contributed by atoms with Crippen molar-refractivity contribution in [2.45, 2.75) is 30.9 Å². The zero-order valence-corrected chi connectivity index (χ0v) is 15.9. The second-order valence-corrected chi connectivity index (χ2v) is 7.40. The number of hydrogen-bond donors (Lipinski definition) is 1. The molecule has 0 saturated heterocycles. The average Bonchev–Trinajstić information content (AvgIpc) is 3.42. The number of ether oxygens (including phenoxy) is 1. The first-order valence-electron chi connectivity index (χ1n) is 9.44. The summed E-state index contributed by atoms with van der Waals surface area (Å²) in [6.45, 7) is 0. The van der Waals surface area contributed by atoms with Crippen molar-refractivity contribution in [2.24, 2.45) is 0 Å². The predicted molar refractivity (Wildman–Crippen MR) is 107 cm³/mol. The maximum absolute atomic E-state index is 9.32. The van der Waals surface area contributed by atoms with Crippen molar-refractivity contribution in [3.05, 3.63) is 48.9 Å². The zero-order chi connectivity index (χ0) is 19.8. The third-order valence-electron chi connectivity index (χ3n) is 5.67. The molecule has 3 aromatic heterocycles. The molecule has 0 amide bonds. The van der Waals surface area contributed by atoms with Crippen molar-refractivity contribution in [1.29, 1.82) is 5.26 Å². The number of nitriles is 1. The van der Waals surface area contributed by atoms with Crippen LogP contribution >= 0.6 is 0 Å². The summed E-state index contributed by atoms with van der Waals surface area (Å²) in [5, 5.41) is 26.8. The molecule has 1 aromatic carbocycles. The minimum Gasteiger partial charge on any atom is -0.381 e. The molecular weight excluding hydrogens is 366 g/mol. The lowest BCUT2D eigenvalue weighted by Gasteiger charge is -2.44. The Morgan fingerprint density at radius 2 is 2.21 bits per heavy atom. The molecule has 0 atom stereocenters. The summed E-state index contributed by atoms with van der Waals surface area (Å²) >= 11 is 0. The Morgan fingerprint density at radius 3 is 2.97 bits per heavy atom. The lowest BCUT2D eigenvalue weighted by molar-refractivity contribution is -0.0606. The molecule has 8 nitrogen and oxygen atoms in total. The van der Waals surface area contributed by atoms with E-state index >= 15 is 0 Å². The number of fused-ring (bicyclic) bond motifs is 1. The van der Waals surface area contributed by atoms with Gasteiger partial charge in [0.15, 0.2) is 0 Å². The van der Waals surface area contributed by atoms with Crippen LogP contribution in [-0.4, -0.2) is 43.4 Å². The highest BCUT2D eigenvalue weighted by Crippen LogP contribution is 2.43. The van der Waals surface area contributed by atoms with E-state index in [0.717, 1.165) is 46.3 Å². The van der Waals surface area contributed by atoms with Crippen LogP contribution in [0.15, 0.2) is 48.9 Å². The van der Waals surface area contributed by atoms with Gasteiger partial charge in [0.25, 0.3) is 0 Å². The van der Waals surface area contributed by atoms with Gasteiger partial charge >= 0.3 is 0 Å². The number of aromatic nitrogens is 6. The zero-order valence-electron chi connectivity index (χ0n) is 15.9. The van der Waals surface area contributed by atoms with Crippen LogP contribution in [0.1, 0.15) is 19.3 Å². The van der Waals surface area contributed by atoms with Gasteiger partial charge in [0.1, 0.15) is 11.2 Å². The second kappa shape index (κ2) is 6.79. The van der Waals surface area contributed by atoms with Gasteiger partial charge in [-0.3, -0.25) is 10.1 Å². The maximum atomic E-state index is 9.32. The van der Waals surface area contributed by atoms with Crippen LogP contribution in [0.5, 0.6) is 0 Å². The van der Waals surface area contributed by atoms with Crippen LogP contribution in [-0.2, 0) is 10.3 Å². The molecule has 1 aliphatic rings. The Morgan fingerprint density at radius 1 is 1.31 bits per heavy atom. The highest BCUT2D eigenvalue weighted by molar-refractivity contribution is 5.96. The van der Waals surface area contributed by atoms with Gasteiger partial charge in [-0.05, 0) is 24.3 Å². The molecule has 144 valence electrons. The minimum atomic E-state index is -0.401. The first kappa shape index (κ1) is 17.5. The molecule has 3 heterocycles. The van der Waals surface area contributed by atoms with Crippen LogP contribution in [0.4, 0.5) is 0 Å². The Balaban J connectivity index is 1.61. The van der Waals surface area contributed by atoms with E-state index in [1.165, 1.54) is 0 Å². The Bertz CT molecular complexity index is 1200. The molecular formula is C21H19N7O. The highest BCUT2D eigenvalue weighted by atomic mass is 16.5. The van der Waals surface area contributed by atoms with Crippen LogP contribution in [0.25, 0.3) is 33.4 Å². The molecule has 0 unspecified atom stereocenters.